The van der Waals surface area contributed by atoms with Crippen LogP contribution in [0, 0.1) is 27.7 Å². The van der Waals surface area contributed by atoms with Crippen molar-refractivity contribution in [1.29, 1.82) is 0 Å². The molecule has 0 saturated heterocycles. The maximum absolute atomic E-state index is 12.1. The molecular formula is C19H21NO. The number of rotatable bonds is 4. The van der Waals surface area contributed by atoms with Gasteiger partial charge in [0.1, 0.15) is 0 Å². The molecule has 0 aromatic heterocycles. The maximum Gasteiger partial charge on any atom is 0.187 e. The van der Waals surface area contributed by atoms with E-state index in [0.29, 0.717) is 0 Å². The molecule has 2 rings (SSSR count). The first kappa shape index (κ1) is 15.0. The fraction of sp³-hybridized carbons (Fsp3) is 0.211. The van der Waals surface area contributed by atoms with Gasteiger partial charge in [-0.25, -0.2) is 0 Å². The summed E-state index contributed by atoms with van der Waals surface area (Å²) in [7, 11) is 0. The molecule has 0 aliphatic carbocycles. The zero-order chi connectivity index (χ0) is 15.4. The van der Waals surface area contributed by atoms with Crippen LogP contribution in [0.2, 0.25) is 0 Å². The van der Waals surface area contributed by atoms with Gasteiger partial charge in [-0.3, -0.25) is 4.79 Å². The van der Waals surface area contributed by atoms with Crippen LogP contribution >= 0.6 is 0 Å². The smallest absolute Gasteiger partial charge is 0.187 e. The van der Waals surface area contributed by atoms with Crippen LogP contribution in [0.1, 0.15) is 32.6 Å². The number of hydrogen-bond donors (Lipinski definition) is 1. The van der Waals surface area contributed by atoms with Crippen LogP contribution in [-0.4, -0.2) is 5.78 Å². The molecule has 1 N–H and O–H groups in total. The van der Waals surface area contributed by atoms with Crippen molar-refractivity contribution in [3.63, 3.8) is 0 Å². The van der Waals surface area contributed by atoms with E-state index >= 15 is 0 Å². The van der Waals surface area contributed by atoms with Gasteiger partial charge in [0.25, 0.3) is 0 Å². The first-order valence-electron chi connectivity index (χ1n) is 7.09. The van der Waals surface area contributed by atoms with Gasteiger partial charge < -0.3 is 5.32 Å². The van der Waals surface area contributed by atoms with Crippen molar-refractivity contribution in [3.8, 4) is 0 Å². The van der Waals surface area contributed by atoms with E-state index in [0.717, 1.165) is 22.4 Å². The second kappa shape index (κ2) is 6.40. The molecule has 0 unspecified atom stereocenters. The Balaban J connectivity index is 2.08. The minimum Gasteiger partial charge on any atom is -0.361 e. The summed E-state index contributed by atoms with van der Waals surface area (Å²) in [6, 6.07) is 12.0. The normalized spacial score (nSPS) is 10.9. The van der Waals surface area contributed by atoms with Crippen LogP contribution in [0.15, 0.2) is 48.7 Å². The number of allylic oxidation sites excluding steroid dienone is 1. The van der Waals surface area contributed by atoms with Crippen molar-refractivity contribution in [3.05, 3.63) is 76.5 Å². The zero-order valence-corrected chi connectivity index (χ0v) is 13.0. The van der Waals surface area contributed by atoms with E-state index in [1.54, 1.807) is 12.3 Å². The second-order valence-electron chi connectivity index (χ2n) is 5.46. The number of nitrogens with one attached hydrogen (secondary N) is 1. The Bertz CT molecular complexity index is 699. The van der Waals surface area contributed by atoms with Gasteiger partial charge in [-0.2, -0.15) is 0 Å². The first-order valence-corrected chi connectivity index (χ1v) is 7.09. The molecule has 0 saturated carbocycles. The zero-order valence-electron chi connectivity index (χ0n) is 13.0. The Labute approximate surface area is 126 Å². The minimum atomic E-state index is 0.0101. The van der Waals surface area contributed by atoms with Crippen LogP contribution in [-0.2, 0) is 0 Å². The lowest BCUT2D eigenvalue weighted by Crippen LogP contribution is -1.98. The Kier molecular flexibility index (Phi) is 4.59. The quantitative estimate of drug-likeness (QED) is 0.647. The van der Waals surface area contributed by atoms with E-state index in [9.17, 15) is 4.79 Å². The highest BCUT2D eigenvalue weighted by molar-refractivity contribution is 6.04. The van der Waals surface area contributed by atoms with Crippen LogP contribution in [0.25, 0.3) is 0 Å². The molecule has 0 heterocycles. The third-order valence-electron chi connectivity index (χ3n) is 3.66. The van der Waals surface area contributed by atoms with Crippen molar-refractivity contribution in [2.24, 2.45) is 0 Å². The Morgan fingerprint density at radius 1 is 0.905 bits per heavy atom. The van der Waals surface area contributed by atoms with Gasteiger partial charge in [-0.15, -0.1) is 0 Å². The monoisotopic (exact) mass is 279 g/mol. The molecule has 0 atom stereocenters. The molecule has 0 radical (unpaired) electrons. The fourth-order valence-corrected chi connectivity index (χ4v) is 2.09. The summed E-state index contributed by atoms with van der Waals surface area (Å²) in [6.07, 6.45) is 3.28. The van der Waals surface area contributed by atoms with E-state index < -0.39 is 0 Å². The van der Waals surface area contributed by atoms with Crippen LogP contribution < -0.4 is 5.32 Å². The SMILES string of the molecule is Cc1ccc(C)c(NC=CC(=O)c2ccc(C)c(C)c2)c1. The number of carbonyl (C=O) groups is 1. The first-order chi connectivity index (χ1) is 9.97. The van der Waals surface area contributed by atoms with E-state index in [1.807, 2.05) is 39.0 Å². The highest BCUT2D eigenvalue weighted by Gasteiger charge is 2.03. The molecule has 0 bridgehead atoms. The number of benzene rings is 2. The van der Waals surface area contributed by atoms with Gasteiger partial charge in [-0.1, -0.05) is 24.3 Å². The predicted molar refractivity (Wildman–Crippen MR) is 88.9 cm³/mol. The van der Waals surface area contributed by atoms with Gasteiger partial charge in [0, 0.05) is 23.5 Å². The molecule has 2 nitrogen and oxygen atoms in total. The number of aryl methyl sites for hydroxylation is 4. The molecule has 0 aliphatic heterocycles. The van der Waals surface area contributed by atoms with Gasteiger partial charge in [0.2, 0.25) is 0 Å². The van der Waals surface area contributed by atoms with Crippen LogP contribution in [0.4, 0.5) is 5.69 Å². The molecule has 2 aromatic carbocycles. The highest BCUT2D eigenvalue weighted by Crippen LogP contribution is 2.16. The van der Waals surface area contributed by atoms with Gasteiger partial charge in [0.05, 0.1) is 0 Å². The number of carbonyl (C=O) groups excluding carboxylic acids is 1. The lowest BCUT2D eigenvalue weighted by Gasteiger charge is -2.06. The van der Waals surface area contributed by atoms with E-state index in [1.165, 1.54) is 11.1 Å². The van der Waals surface area contributed by atoms with Gasteiger partial charge >= 0.3 is 0 Å². The predicted octanol–water partition coefficient (Wildman–Crippen LogP) is 4.73. The summed E-state index contributed by atoms with van der Waals surface area (Å²) in [5, 5.41) is 3.18. The summed E-state index contributed by atoms with van der Waals surface area (Å²) >= 11 is 0. The third kappa shape index (κ3) is 3.82. The molecule has 2 aromatic rings. The van der Waals surface area contributed by atoms with Gasteiger partial charge in [-0.05, 0) is 62.1 Å². The second-order valence-corrected chi connectivity index (χ2v) is 5.46. The summed E-state index contributed by atoms with van der Waals surface area (Å²) in [5.41, 5.74) is 6.43. The standard InChI is InChI=1S/C19H21NO/c1-13-5-6-15(3)18(11-13)20-10-9-19(21)17-8-7-14(2)16(4)12-17/h5-12,20H,1-4H3. The van der Waals surface area contributed by atoms with Crippen LogP contribution in [0.3, 0.4) is 0 Å². The molecule has 108 valence electrons. The molecular weight excluding hydrogens is 258 g/mol. The largest absolute Gasteiger partial charge is 0.361 e. The van der Waals surface area contributed by atoms with E-state index in [-0.39, 0.29) is 5.78 Å². The molecule has 0 spiro atoms. The molecule has 2 heteroatoms. The summed E-state index contributed by atoms with van der Waals surface area (Å²) in [6.45, 7) is 8.15. The summed E-state index contributed by atoms with van der Waals surface area (Å²) < 4.78 is 0. The Morgan fingerprint density at radius 2 is 1.62 bits per heavy atom. The Hall–Kier alpha value is -2.35. The number of hydrogen-bond acceptors (Lipinski definition) is 2. The molecule has 0 fully saturated rings. The van der Waals surface area contributed by atoms with Crippen molar-refractivity contribution >= 4 is 11.5 Å². The van der Waals surface area contributed by atoms with Crippen molar-refractivity contribution in [2.75, 3.05) is 5.32 Å². The lowest BCUT2D eigenvalue weighted by molar-refractivity contribution is 0.104. The molecule has 0 aliphatic rings. The molecule has 21 heavy (non-hydrogen) atoms. The maximum atomic E-state index is 12.1. The average molecular weight is 279 g/mol. The third-order valence-corrected chi connectivity index (χ3v) is 3.66. The minimum absolute atomic E-state index is 0.0101. The van der Waals surface area contributed by atoms with Crippen molar-refractivity contribution in [1.82, 2.24) is 0 Å². The summed E-state index contributed by atoms with van der Waals surface area (Å²) in [4.78, 5) is 12.1. The number of anilines is 1. The summed E-state index contributed by atoms with van der Waals surface area (Å²) in [5.74, 6) is 0.0101. The number of ketones is 1. The van der Waals surface area contributed by atoms with E-state index in [2.05, 4.69) is 30.4 Å². The van der Waals surface area contributed by atoms with Crippen molar-refractivity contribution < 1.29 is 4.79 Å². The van der Waals surface area contributed by atoms with E-state index in [4.69, 9.17) is 0 Å². The average Bonchev–Trinajstić information content (AvgIpc) is 2.45. The van der Waals surface area contributed by atoms with Crippen LogP contribution in [0.5, 0.6) is 0 Å². The van der Waals surface area contributed by atoms with Gasteiger partial charge in [0.15, 0.2) is 5.78 Å². The fourth-order valence-electron chi connectivity index (χ4n) is 2.09. The lowest BCUT2D eigenvalue weighted by atomic mass is 10.0. The molecule has 0 amide bonds. The highest BCUT2D eigenvalue weighted by atomic mass is 16.1. The van der Waals surface area contributed by atoms with Crippen molar-refractivity contribution in [2.45, 2.75) is 27.7 Å². The Morgan fingerprint density at radius 3 is 2.33 bits per heavy atom. The topological polar surface area (TPSA) is 29.1 Å².